The summed E-state index contributed by atoms with van der Waals surface area (Å²) in [4.78, 5) is 4.44. The smallest absolute Gasteiger partial charge is 0.0702 e. The van der Waals surface area contributed by atoms with Crippen LogP contribution in [0.4, 0.5) is 0 Å². The molecule has 1 aromatic carbocycles. The van der Waals surface area contributed by atoms with Gasteiger partial charge >= 0.3 is 0 Å². The minimum absolute atomic E-state index is 0.268. The Morgan fingerprint density at radius 2 is 2.18 bits per heavy atom. The fourth-order valence-electron chi connectivity index (χ4n) is 1.70. The highest BCUT2D eigenvalue weighted by Gasteiger charge is 2.03. The van der Waals surface area contributed by atoms with E-state index >= 15 is 0 Å². The molecule has 2 nitrogen and oxygen atoms in total. The third-order valence-electron chi connectivity index (χ3n) is 2.72. The summed E-state index contributed by atoms with van der Waals surface area (Å²) in [5.74, 6) is 0.957. The Hall–Kier alpha value is -1.06. The van der Waals surface area contributed by atoms with Crippen LogP contribution in [0.1, 0.15) is 18.9 Å². The first-order valence-electron chi connectivity index (χ1n) is 5.85. The monoisotopic (exact) mass is 247 g/mol. The summed E-state index contributed by atoms with van der Waals surface area (Å²) in [7, 11) is 0. The van der Waals surface area contributed by atoms with Crippen LogP contribution >= 0.6 is 11.8 Å². The molecule has 3 heteroatoms. The van der Waals surface area contributed by atoms with Crippen LogP contribution < -0.4 is 0 Å². The minimum atomic E-state index is 0.268. The van der Waals surface area contributed by atoms with Crippen LogP contribution in [0.25, 0.3) is 10.9 Å². The number of rotatable bonds is 5. The molecule has 2 aromatic rings. The first-order chi connectivity index (χ1) is 8.29. The van der Waals surface area contributed by atoms with Crippen molar-refractivity contribution in [2.75, 3.05) is 6.61 Å². The van der Waals surface area contributed by atoms with Crippen LogP contribution in [0.5, 0.6) is 0 Å². The Morgan fingerprint density at radius 3 is 3.00 bits per heavy atom. The maximum absolute atomic E-state index is 8.85. The molecule has 1 atom stereocenters. The number of aromatic nitrogens is 1. The number of hydrogen-bond acceptors (Lipinski definition) is 3. The molecule has 0 saturated heterocycles. The zero-order valence-electron chi connectivity index (χ0n) is 9.97. The van der Waals surface area contributed by atoms with E-state index in [0.29, 0.717) is 5.25 Å². The molecule has 0 saturated carbocycles. The van der Waals surface area contributed by atoms with E-state index in [2.05, 4.69) is 24.0 Å². The molecule has 1 N–H and O–H groups in total. The van der Waals surface area contributed by atoms with Crippen LogP contribution in [0.15, 0.2) is 36.5 Å². The van der Waals surface area contributed by atoms with Crippen LogP contribution in [-0.4, -0.2) is 21.9 Å². The predicted octanol–water partition coefficient (Wildman–Crippen LogP) is 3.24. The highest BCUT2D eigenvalue weighted by atomic mass is 32.2. The van der Waals surface area contributed by atoms with Crippen LogP contribution in [0.3, 0.4) is 0 Å². The Kier molecular flexibility index (Phi) is 4.40. The van der Waals surface area contributed by atoms with Gasteiger partial charge < -0.3 is 5.11 Å². The van der Waals surface area contributed by atoms with Gasteiger partial charge in [0, 0.05) is 29.2 Å². The number of aliphatic hydroxyl groups is 1. The van der Waals surface area contributed by atoms with Crippen LogP contribution in [-0.2, 0) is 5.75 Å². The van der Waals surface area contributed by atoms with Gasteiger partial charge in [0.05, 0.1) is 5.52 Å². The van der Waals surface area contributed by atoms with Gasteiger partial charge in [0.25, 0.3) is 0 Å². The van der Waals surface area contributed by atoms with Crippen molar-refractivity contribution in [1.82, 2.24) is 4.98 Å². The normalized spacial score (nSPS) is 12.8. The Morgan fingerprint density at radius 1 is 1.35 bits per heavy atom. The van der Waals surface area contributed by atoms with Gasteiger partial charge in [-0.3, -0.25) is 4.98 Å². The van der Waals surface area contributed by atoms with E-state index < -0.39 is 0 Å². The molecule has 90 valence electrons. The van der Waals surface area contributed by atoms with Gasteiger partial charge in [-0.2, -0.15) is 11.8 Å². The van der Waals surface area contributed by atoms with Crippen molar-refractivity contribution in [3.63, 3.8) is 0 Å². The van der Waals surface area contributed by atoms with Gasteiger partial charge in [-0.15, -0.1) is 0 Å². The Labute approximate surface area is 106 Å². The van der Waals surface area contributed by atoms with Crippen molar-refractivity contribution in [3.05, 3.63) is 42.1 Å². The average Bonchev–Trinajstić information content (AvgIpc) is 2.36. The first kappa shape index (κ1) is 12.4. The molecule has 0 fully saturated rings. The molecule has 0 aliphatic rings. The molecule has 0 radical (unpaired) electrons. The largest absolute Gasteiger partial charge is 0.396 e. The third kappa shape index (κ3) is 3.45. The van der Waals surface area contributed by atoms with Gasteiger partial charge in [-0.1, -0.05) is 25.1 Å². The summed E-state index contributed by atoms with van der Waals surface area (Å²) >= 11 is 1.86. The lowest BCUT2D eigenvalue weighted by atomic mass is 10.2. The number of benzene rings is 1. The topological polar surface area (TPSA) is 33.1 Å². The van der Waals surface area contributed by atoms with Gasteiger partial charge in [0.15, 0.2) is 0 Å². The van der Waals surface area contributed by atoms with Crippen molar-refractivity contribution >= 4 is 22.7 Å². The van der Waals surface area contributed by atoms with Crippen LogP contribution in [0.2, 0.25) is 0 Å². The van der Waals surface area contributed by atoms with E-state index in [1.165, 1.54) is 10.9 Å². The zero-order valence-corrected chi connectivity index (χ0v) is 10.8. The second-order valence-corrected chi connectivity index (χ2v) is 5.60. The molecule has 0 aliphatic carbocycles. The summed E-state index contributed by atoms with van der Waals surface area (Å²) in [5, 5.41) is 10.5. The van der Waals surface area contributed by atoms with Crippen molar-refractivity contribution in [2.24, 2.45) is 0 Å². The zero-order chi connectivity index (χ0) is 12.1. The van der Waals surface area contributed by atoms with E-state index in [4.69, 9.17) is 5.11 Å². The number of fused-ring (bicyclic) bond motifs is 1. The highest BCUT2D eigenvalue weighted by molar-refractivity contribution is 7.99. The van der Waals surface area contributed by atoms with Crippen molar-refractivity contribution in [1.29, 1.82) is 0 Å². The van der Waals surface area contributed by atoms with Gasteiger partial charge in [-0.25, -0.2) is 0 Å². The molecular weight excluding hydrogens is 230 g/mol. The average molecular weight is 247 g/mol. The number of nitrogens with zero attached hydrogens (tertiary/aromatic N) is 1. The summed E-state index contributed by atoms with van der Waals surface area (Å²) < 4.78 is 0. The molecule has 1 heterocycles. The summed E-state index contributed by atoms with van der Waals surface area (Å²) in [5.41, 5.74) is 2.29. The highest BCUT2D eigenvalue weighted by Crippen LogP contribution is 2.21. The standard InChI is InChI=1S/C14H17NOS/c1-11(6-7-16)17-10-12-8-13-4-2-3-5-14(13)15-9-12/h2-5,8-9,11,16H,6-7,10H2,1H3. The van der Waals surface area contributed by atoms with Crippen molar-refractivity contribution in [2.45, 2.75) is 24.3 Å². The third-order valence-corrected chi connectivity index (χ3v) is 4.02. The SMILES string of the molecule is CC(CCO)SCc1cnc2ccccc2c1. The number of hydrogen-bond donors (Lipinski definition) is 1. The second kappa shape index (κ2) is 6.03. The number of para-hydroxylation sites is 1. The number of aliphatic hydroxyl groups excluding tert-OH is 1. The van der Waals surface area contributed by atoms with Gasteiger partial charge in [-0.05, 0) is 24.1 Å². The molecule has 1 aromatic heterocycles. The maximum atomic E-state index is 8.85. The molecule has 0 amide bonds. The first-order valence-corrected chi connectivity index (χ1v) is 6.90. The molecule has 0 spiro atoms. The predicted molar refractivity (Wildman–Crippen MR) is 74.2 cm³/mol. The molecule has 1 unspecified atom stereocenters. The molecular formula is C14H17NOS. The number of pyridine rings is 1. The lowest BCUT2D eigenvalue weighted by Crippen LogP contribution is -2.00. The molecule has 0 aliphatic heterocycles. The fraction of sp³-hybridized carbons (Fsp3) is 0.357. The van der Waals surface area contributed by atoms with E-state index in [1.807, 2.05) is 36.2 Å². The van der Waals surface area contributed by atoms with E-state index in [1.54, 1.807) is 0 Å². The minimum Gasteiger partial charge on any atom is -0.396 e. The Bertz CT molecular complexity index is 486. The van der Waals surface area contributed by atoms with E-state index in [-0.39, 0.29) is 6.61 Å². The second-order valence-electron chi connectivity index (χ2n) is 4.17. The summed E-state index contributed by atoms with van der Waals surface area (Å²) in [6.45, 7) is 2.42. The summed E-state index contributed by atoms with van der Waals surface area (Å²) in [6.07, 6.45) is 2.80. The van der Waals surface area contributed by atoms with Gasteiger partial charge in [0.1, 0.15) is 0 Å². The molecule has 0 bridgehead atoms. The molecule has 2 rings (SSSR count). The fourth-order valence-corrected chi connectivity index (χ4v) is 2.61. The van der Waals surface area contributed by atoms with E-state index in [9.17, 15) is 0 Å². The van der Waals surface area contributed by atoms with E-state index in [0.717, 1.165) is 17.7 Å². The van der Waals surface area contributed by atoms with Crippen molar-refractivity contribution in [3.8, 4) is 0 Å². The summed E-state index contributed by atoms with van der Waals surface area (Å²) in [6, 6.07) is 10.4. The lowest BCUT2D eigenvalue weighted by Gasteiger charge is -2.09. The van der Waals surface area contributed by atoms with Crippen LogP contribution in [0, 0.1) is 0 Å². The lowest BCUT2D eigenvalue weighted by molar-refractivity contribution is 0.289. The Balaban J connectivity index is 2.04. The van der Waals surface area contributed by atoms with Crippen molar-refractivity contribution < 1.29 is 5.11 Å². The maximum Gasteiger partial charge on any atom is 0.0702 e. The van der Waals surface area contributed by atoms with Gasteiger partial charge in [0.2, 0.25) is 0 Å². The molecule has 17 heavy (non-hydrogen) atoms. The number of thioether (sulfide) groups is 1. The quantitative estimate of drug-likeness (QED) is 0.880.